The molecule has 11 nitrogen and oxygen atoms in total. The van der Waals surface area contributed by atoms with Crippen LogP contribution >= 0.6 is 27.3 Å². The molecule has 3 aliphatic heterocycles. The number of nitrogens with zero attached hydrogens (tertiary/aromatic N) is 7. The number of thiophene rings is 1. The van der Waals surface area contributed by atoms with Crippen LogP contribution in [0.25, 0.3) is 0 Å². The van der Waals surface area contributed by atoms with Crippen LogP contribution in [-0.4, -0.2) is 58.4 Å². The summed E-state index contributed by atoms with van der Waals surface area (Å²) in [5.41, 5.74) is 9.01. The number of nitrogen functional groups attached to an aromatic ring is 1. The lowest BCUT2D eigenvalue weighted by atomic mass is 9.74. The highest BCUT2D eigenvalue weighted by atomic mass is 79.9. The molecule has 1 aliphatic carbocycles. The molecule has 38 heavy (non-hydrogen) atoms. The number of piperazine rings is 1. The Hall–Kier alpha value is -3.39. The SMILES string of the molecule is N#Cc1c(N2CC3CCC(C2)N3)nc(OCc2[nH]ncc2Br)nc1N1CC2(CCc3sc(N)c(C#N)c32)C1. The molecule has 3 fully saturated rings. The van der Waals surface area contributed by atoms with Gasteiger partial charge in [-0.3, -0.25) is 5.10 Å². The zero-order chi connectivity index (χ0) is 26.0. The molecule has 4 aliphatic rings. The van der Waals surface area contributed by atoms with Crippen LogP contribution < -0.4 is 25.6 Å². The Labute approximate surface area is 231 Å². The smallest absolute Gasteiger partial charge is 0.320 e. The summed E-state index contributed by atoms with van der Waals surface area (Å²) in [4.78, 5) is 15.1. The van der Waals surface area contributed by atoms with Gasteiger partial charge in [0, 0.05) is 48.6 Å². The lowest BCUT2D eigenvalue weighted by Crippen LogP contribution is -2.59. The van der Waals surface area contributed by atoms with Crippen LogP contribution in [0.4, 0.5) is 16.6 Å². The molecule has 0 aromatic carbocycles. The Kier molecular flexibility index (Phi) is 5.51. The van der Waals surface area contributed by atoms with Crippen molar-refractivity contribution in [3.05, 3.63) is 37.9 Å². The topological polar surface area (TPSA) is 156 Å². The van der Waals surface area contributed by atoms with Crippen molar-refractivity contribution >= 4 is 43.9 Å². The number of nitrogens with two attached hydrogens (primary N) is 1. The highest BCUT2D eigenvalue weighted by Crippen LogP contribution is 2.53. The summed E-state index contributed by atoms with van der Waals surface area (Å²) in [5.74, 6) is 1.21. The number of anilines is 3. The van der Waals surface area contributed by atoms with Crippen LogP contribution in [0.15, 0.2) is 10.7 Å². The third kappa shape index (κ3) is 3.64. The number of aryl methyl sites for hydroxylation is 1. The van der Waals surface area contributed by atoms with E-state index in [0.717, 1.165) is 54.5 Å². The van der Waals surface area contributed by atoms with Gasteiger partial charge in [0.25, 0.3) is 0 Å². The van der Waals surface area contributed by atoms with E-state index in [1.54, 1.807) is 6.20 Å². The maximum atomic E-state index is 10.3. The van der Waals surface area contributed by atoms with E-state index in [2.05, 4.69) is 53.4 Å². The number of halogens is 1. The first-order chi connectivity index (χ1) is 18.5. The van der Waals surface area contributed by atoms with Crippen LogP contribution in [0.5, 0.6) is 6.01 Å². The fourth-order valence-corrected chi connectivity index (χ4v) is 7.97. The molecule has 2 atom stereocenters. The third-order valence-electron chi connectivity index (χ3n) is 8.26. The van der Waals surface area contributed by atoms with Gasteiger partial charge in [0.1, 0.15) is 29.3 Å². The van der Waals surface area contributed by atoms with Crippen molar-refractivity contribution in [3.63, 3.8) is 0 Å². The highest BCUT2D eigenvalue weighted by Gasteiger charge is 2.52. The average Bonchev–Trinajstić information content (AvgIpc) is 3.64. The second-order valence-electron chi connectivity index (χ2n) is 10.6. The van der Waals surface area contributed by atoms with Gasteiger partial charge in [-0.05, 0) is 47.2 Å². The fourth-order valence-electron chi connectivity index (χ4n) is 6.52. The van der Waals surface area contributed by atoms with E-state index in [0.29, 0.717) is 52.9 Å². The molecule has 2 unspecified atom stereocenters. The fraction of sp³-hybridized carbons (Fsp3) is 0.480. The third-order valence-corrected chi connectivity index (χ3v) is 10.0. The number of hydrogen-bond acceptors (Lipinski definition) is 11. The van der Waals surface area contributed by atoms with E-state index >= 15 is 0 Å². The molecule has 1 spiro atoms. The van der Waals surface area contributed by atoms with Crippen molar-refractivity contribution in [1.29, 1.82) is 10.5 Å². The Morgan fingerprint density at radius 1 is 1.13 bits per heavy atom. The van der Waals surface area contributed by atoms with Gasteiger partial charge in [-0.2, -0.15) is 25.6 Å². The molecule has 0 saturated carbocycles. The van der Waals surface area contributed by atoms with Crippen molar-refractivity contribution in [1.82, 2.24) is 25.5 Å². The summed E-state index contributed by atoms with van der Waals surface area (Å²) in [6.45, 7) is 3.15. The maximum absolute atomic E-state index is 10.3. The molecule has 3 aromatic rings. The number of aromatic nitrogens is 4. The molecular weight excluding hydrogens is 568 g/mol. The number of aromatic amines is 1. The molecule has 0 radical (unpaired) electrons. The van der Waals surface area contributed by atoms with E-state index in [9.17, 15) is 10.5 Å². The number of nitriles is 2. The van der Waals surface area contributed by atoms with E-state index in [-0.39, 0.29) is 18.0 Å². The zero-order valence-electron chi connectivity index (χ0n) is 20.5. The molecular formula is C25H25BrN10OS. The van der Waals surface area contributed by atoms with Crippen LogP contribution in [0.2, 0.25) is 0 Å². The standard InChI is InChI=1S/C25H25BrN10OS/c26-17-7-30-34-18(17)10-37-24-32-22(35-8-13-1-2-14(9-35)31-13)16(6-28)23(33-24)36-11-25(12-36)4-3-19-20(25)15(5-27)21(29)38-19/h7,13-14,31H,1-4,8-12,29H2,(H,30,34). The summed E-state index contributed by atoms with van der Waals surface area (Å²) in [6.07, 6.45) is 5.82. The molecule has 3 aromatic heterocycles. The largest absolute Gasteiger partial charge is 0.457 e. The number of fused-ring (bicyclic) bond motifs is 4. The van der Waals surface area contributed by atoms with E-state index in [1.807, 2.05) is 0 Å². The minimum absolute atomic E-state index is 0.137. The van der Waals surface area contributed by atoms with Gasteiger partial charge in [-0.15, -0.1) is 11.3 Å². The van der Waals surface area contributed by atoms with Crippen LogP contribution in [0, 0.1) is 22.7 Å². The molecule has 13 heteroatoms. The van der Waals surface area contributed by atoms with Gasteiger partial charge in [0.2, 0.25) is 0 Å². The Balaban J connectivity index is 1.24. The molecule has 7 rings (SSSR count). The first-order valence-corrected chi connectivity index (χ1v) is 14.3. The van der Waals surface area contributed by atoms with Crippen molar-refractivity contribution in [3.8, 4) is 18.1 Å². The first-order valence-electron chi connectivity index (χ1n) is 12.7. The predicted molar refractivity (Wildman–Crippen MR) is 145 cm³/mol. The summed E-state index contributed by atoms with van der Waals surface area (Å²) < 4.78 is 6.86. The van der Waals surface area contributed by atoms with Crippen LogP contribution in [0.1, 0.15) is 46.5 Å². The van der Waals surface area contributed by atoms with Crippen molar-refractivity contribution in [2.45, 2.75) is 49.8 Å². The lowest BCUT2D eigenvalue weighted by Gasteiger charge is -2.49. The minimum atomic E-state index is -0.137. The predicted octanol–water partition coefficient (Wildman–Crippen LogP) is 2.57. The maximum Gasteiger partial charge on any atom is 0.320 e. The molecule has 6 heterocycles. The number of rotatable bonds is 5. The van der Waals surface area contributed by atoms with E-state index in [4.69, 9.17) is 20.4 Å². The molecule has 2 bridgehead atoms. The van der Waals surface area contributed by atoms with E-state index in [1.165, 1.54) is 16.2 Å². The normalized spacial score (nSPS) is 22.7. The molecule has 4 N–H and O–H groups in total. The summed E-state index contributed by atoms with van der Waals surface area (Å²) in [6, 6.07) is 5.75. The summed E-state index contributed by atoms with van der Waals surface area (Å²) >= 11 is 5.00. The Morgan fingerprint density at radius 3 is 2.50 bits per heavy atom. The highest BCUT2D eigenvalue weighted by molar-refractivity contribution is 9.10. The lowest BCUT2D eigenvalue weighted by molar-refractivity contribution is 0.273. The van der Waals surface area contributed by atoms with Crippen molar-refractivity contribution in [2.75, 3.05) is 41.7 Å². The Morgan fingerprint density at radius 2 is 1.84 bits per heavy atom. The van der Waals surface area contributed by atoms with Crippen LogP contribution in [-0.2, 0) is 18.4 Å². The van der Waals surface area contributed by atoms with Gasteiger partial charge in [-0.25, -0.2) is 0 Å². The molecule has 0 amide bonds. The Bertz CT molecular complexity index is 1500. The quantitative estimate of drug-likeness (QED) is 0.402. The second-order valence-corrected chi connectivity index (χ2v) is 12.5. The molecule has 194 valence electrons. The van der Waals surface area contributed by atoms with Crippen LogP contribution in [0.3, 0.4) is 0 Å². The van der Waals surface area contributed by atoms with E-state index < -0.39 is 0 Å². The molecule has 3 saturated heterocycles. The van der Waals surface area contributed by atoms with Gasteiger partial charge in [0.15, 0.2) is 11.6 Å². The summed E-state index contributed by atoms with van der Waals surface area (Å²) in [7, 11) is 0. The number of H-pyrrole nitrogens is 1. The average molecular weight is 594 g/mol. The number of nitrogens with one attached hydrogen (secondary N) is 2. The monoisotopic (exact) mass is 592 g/mol. The zero-order valence-corrected chi connectivity index (χ0v) is 22.9. The van der Waals surface area contributed by atoms with Gasteiger partial charge in [0.05, 0.1) is 21.9 Å². The van der Waals surface area contributed by atoms with Gasteiger partial charge >= 0.3 is 6.01 Å². The summed E-state index contributed by atoms with van der Waals surface area (Å²) in [5, 5.41) is 31.3. The number of hydrogen-bond donors (Lipinski definition) is 3. The van der Waals surface area contributed by atoms with Gasteiger partial charge in [-0.1, -0.05) is 0 Å². The second kappa shape index (κ2) is 8.83. The van der Waals surface area contributed by atoms with Gasteiger partial charge < -0.3 is 25.6 Å². The minimum Gasteiger partial charge on any atom is -0.457 e. The van der Waals surface area contributed by atoms with Crippen molar-refractivity contribution < 1.29 is 4.74 Å². The first kappa shape index (κ1) is 23.7. The number of ether oxygens (including phenoxy) is 1. The van der Waals surface area contributed by atoms with Crippen molar-refractivity contribution in [2.24, 2.45) is 0 Å².